The second kappa shape index (κ2) is 12.0. The molecule has 1 unspecified atom stereocenters. The number of aliphatic hydroxyl groups is 1. The predicted molar refractivity (Wildman–Crippen MR) is 147 cm³/mol. The van der Waals surface area contributed by atoms with Crippen LogP contribution in [0.15, 0.2) is 78.4 Å². The normalized spacial score (nSPS) is 16.8. The van der Waals surface area contributed by atoms with Crippen molar-refractivity contribution in [2.24, 2.45) is 0 Å². The molecule has 4 rings (SSSR count). The van der Waals surface area contributed by atoms with E-state index in [9.17, 15) is 14.7 Å². The smallest absolute Gasteiger partial charge is 0.295 e. The molecular formula is C31H34N2O5. The Labute approximate surface area is 223 Å². The molecule has 1 aliphatic rings. The highest BCUT2D eigenvalue weighted by molar-refractivity contribution is 6.46. The molecule has 0 spiro atoms. The van der Waals surface area contributed by atoms with E-state index < -0.39 is 17.7 Å². The van der Waals surface area contributed by atoms with Crippen molar-refractivity contribution < 1.29 is 24.2 Å². The summed E-state index contributed by atoms with van der Waals surface area (Å²) in [7, 11) is 3.82. The fourth-order valence-electron chi connectivity index (χ4n) is 4.49. The molecular weight excluding hydrogens is 480 g/mol. The van der Waals surface area contributed by atoms with Gasteiger partial charge in [-0.1, -0.05) is 37.3 Å². The largest absolute Gasteiger partial charge is 0.507 e. The number of aryl methyl sites for hydroxylation is 1. The van der Waals surface area contributed by atoms with Gasteiger partial charge in [0.1, 0.15) is 23.0 Å². The van der Waals surface area contributed by atoms with Gasteiger partial charge in [-0.15, -0.1) is 0 Å². The van der Waals surface area contributed by atoms with E-state index >= 15 is 0 Å². The molecule has 1 N–H and O–H groups in total. The lowest BCUT2D eigenvalue weighted by Gasteiger charge is -2.27. The number of aliphatic hydroxyl groups excluding tert-OH is 1. The number of ether oxygens (including phenoxy) is 2. The third-order valence-corrected chi connectivity index (χ3v) is 6.41. The molecule has 1 aliphatic heterocycles. The van der Waals surface area contributed by atoms with Gasteiger partial charge in [0.25, 0.3) is 11.7 Å². The van der Waals surface area contributed by atoms with Crippen LogP contribution in [0.25, 0.3) is 5.76 Å². The Morgan fingerprint density at radius 1 is 0.947 bits per heavy atom. The fraction of sp³-hybridized carbons (Fsp3) is 0.290. The Morgan fingerprint density at radius 2 is 1.68 bits per heavy atom. The minimum atomic E-state index is -0.760. The van der Waals surface area contributed by atoms with Crippen LogP contribution >= 0.6 is 0 Å². The first-order valence-corrected chi connectivity index (χ1v) is 12.8. The van der Waals surface area contributed by atoms with Crippen LogP contribution in [0.5, 0.6) is 17.2 Å². The fourth-order valence-corrected chi connectivity index (χ4v) is 4.49. The van der Waals surface area contributed by atoms with E-state index in [0.717, 1.165) is 12.0 Å². The number of benzene rings is 3. The van der Waals surface area contributed by atoms with Crippen LogP contribution in [0.3, 0.4) is 0 Å². The molecule has 0 bridgehead atoms. The number of likely N-dealkylation sites (tertiary alicyclic amines) is 1. The van der Waals surface area contributed by atoms with E-state index in [2.05, 4.69) is 0 Å². The van der Waals surface area contributed by atoms with Crippen molar-refractivity contribution in [3.05, 3.63) is 95.1 Å². The Hall–Kier alpha value is -4.10. The first-order chi connectivity index (χ1) is 18.3. The highest BCUT2D eigenvalue weighted by Crippen LogP contribution is 2.41. The maximum atomic E-state index is 13.4. The number of nitrogens with zero attached hydrogens (tertiary/aromatic N) is 2. The standard InChI is InChI=1S/C31H34N2O5/c1-5-18-37-24-14-15-26(21(2)19-24)29(34)27-28(33(17-16-32(3)4)31(36)30(27)35)22-10-9-13-25(20-22)38-23-11-7-6-8-12-23/h6-15,19-20,28,34H,5,16-18H2,1-4H3/b29-27-. The number of hydrogen-bond donors (Lipinski definition) is 1. The van der Waals surface area contributed by atoms with E-state index in [-0.39, 0.29) is 11.3 Å². The summed E-state index contributed by atoms with van der Waals surface area (Å²) < 4.78 is 11.7. The summed E-state index contributed by atoms with van der Waals surface area (Å²) in [4.78, 5) is 30.1. The number of hydrogen-bond acceptors (Lipinski definition) is 6. The van der Waals surface area contributed by atoms with Gasteiger partial charge in [0.15, 0.2) is 0 Å². The number of rotatable bonds is 10. The highest BCUT2D eigenvalue weighted by Gasteiger charge is 2.46. The van der Waals surface area contributed by atoms with Crippen LogP contribution in [0.2, 0.25) is 0 Å². The van der Waals surface area contributed by atoms with E-state index in [0.29, 0.717) is 48.1 Å². The lowest BCUT2D eigenvalue weighted by molar-refractivity contribution is -0.140. The zero-order valence-electron chi connectivity index (χ0n) is 22.3. The third kappa shape index (κ3) is 5.89. The molecule has 7 nitrogen and oxygen atoms in total. The summed E-state index contributed by atoms with van der Waals surface area (Å²) in [6.07, 6.45) is 0.879. The predicted octanol–water partition coefficient (Wildman–Crippen LogP) is 5.56. The van der Waals surface area contributed by atoms with Gasteiger partial charge in [-0.3, -0.25) is 9.59 Å². The summed E-state index contributed by atoms with van der Waals surface area (Å²) in [5, 5.41) is 11.5. The topological polar surface area (TPSA) is 79.3 Å². The van der Waals surface area contributed by atoms with Gasteiger partial charge < -0.3 is 24.4 Å². The Kier molecular flexibility index (Phi) is 8.48. The molecule has 1 heterocycles. The Morgan fingerprint density at radius 3 is 2.37 bits per heavy atom. The second-order valence-electron chi connectivity index (χ2n) is 9.61. The molecule has 0 aliphatic carbocycles. The number of carbonyl (C=O) groups is 2. The minimum absolute atomic E-state index is 0.0657. The van der Waals surface area contributed by atoms with Gasteiger partial charge in [-0.2, -0.15) is 0 Å². The number of Topliss-reactive ketones (excluding diaryl/α,β-unsaturated/α-hetero) is 1. The zero-order chi connectivity index (χ0) is 27.2. The molecule has 3 aromatic rings. The summed E-state index contributed by atoms with van der Waals surface area (Å²) in [5.74, 6) is 0.400. The minimum Gasteiger partial charge on any atom is -0.507 e. The molecule has 0 saturated carbocycles. The molecule has 198 valence electrons. The number of likely N-dealkylation sites (N-methyl/N-ethyl adjacent to an activating group) is 1. The second-order valence-corrected chi connectivity index (χ2v) is 9.61. The quantitative estimate of drug-likeness (QED) is 0.217. The molecule has 1 amide bonds. The first kappa shape index (κ1) is 26.9. The Bertz CT molecular complexity index is 1330. The zero-order valence-corrected chi connectivity index (χ0v) is 22.3. The van der Waals surface area contributed by atoms with Crippen molar-refractivity contribution in [2.45, 2.75) is 26.3 Å². The van der Waals surface area contributed by atoms with Crippen LogP contribution in [0.4, 0.5) is 0 Å². The van der Waals surface area contributed by atoms with Crippen molar-refractivity contribution in [3.8, 4) is 17.2 Å². The van der Waals surface area contributed by atoms with Gasteiger partial charge >= 0.3 is 0 Å². The van der Waals surface area contributed by atoms with Gasteiger partial charge in [0.05, 0.1) is 18.2 Å². The number of para-hydroxylation sites is 1. The summed E-state index contributed by atoms with van der Waals surface area (Å²) in [5.41, 5.74) is 1.98. The number of ketones is 1. The summed E-state index contributed by atoms with van der Waals surface area (Å²) in [6.45, 7) is 5.35. The van der Waals surface area contributed by atoms with Crippen molar-refractivity contribution in [2.75, 3.05) is 33.8 Å². The first-order valence-electron chi connectivity index (χ1n) is 12.8. The van der Waals surface area contributed by atoms with Crippen molar-refractivity contribution in [1.82, 2.24) is 9.80 Å². The van der Waals surface area contributed by atoms with Crippen LogP contribution in [-0.4, -0.2) is 60.4 Å². The number of carbonyl (C=O) groups excluding carboxylic acids is 2. The molecule has 0 radical (unpaired) electrons. The highest BCUT2D eigenvalue weighted by atomic mass is 16.5. The van der Waals surface area contributed by atoms with E-state index in [1.807, 2.05) is 93.5 Å². The molecule has 1 fully saturated rings. The lowest BCUT2D eigenvalue weighted by atomic mass is 9.93. The lowest BCUT2D eigenvalue weighted by Crippen LogP contribution is -2.35. The molecule has 1 saturated heterocycles. The van der Waals surface area contributed by atoms with Gasteiger partial charge in [-0.05, 0) is 81.0 Å². The summed E-state index contributed by atoms with van der Waals surface area (Å²) in [6, 6.07) is 21.3. The van der Waals surface area contributed by atoms with Gasteiger partial charge in [0, 0.05) is 18.7 Å². The van der Waals surface area contributed by atoms with E-state index in [4.69, 9.17) is 9.47 Å². The van der Waals surface area contributed by atoms with Crippen LogP contribution in [0, 0.1) is 6.92 Å². The SMILES string of the molecule is CCCOc1ccc(/C(O)=C2/C(=O)C(=O)N(CCN(C)C)C2c2cccc(Oc3ccccc3)c2)c(C)c1. The van der Waals surface area contributed by atoms with Gasteiger partial charge in [-0.25, -0.2) is 0 Å². The third-order valence-electron chi connectivity index (χ3n) is 6.41. The average Bonchev–Trinajstić information content (AvgIpc) is 3.16. The van der Waals surface area contributed by atoms with Crippen LogP contribution < -0.4 is 9.47 Å². The van der Waals surface area contributed by atoms with Crippen molar-refractivity contribution >= 4 is 17.4 Å². The average molecular weight is 515 g/mol. The molecule has 0 aromatic heterocycles. The molecule has 1 atom stereocenters. The molecule has 7 heteroatoms. The Balaban J connectivity index is 1.78. The van der Waals surface area contributed by atoms with Crippen LogP contribution in [-0.2, 0) is 9.59 Å². The maximum Gasteiger partial charge on any atom is 0.295 e. The van der Waals surface area contributed by atoms with Crippen molar-refractivity contribution in [1.29, 1.82) is 0 Å². The molecule has 38 heavy (non-hydrogen) atoms. The summed E-state index contributed by atoms with van der Waals surface area (Å²) >= 11 is 0. The van der Waals surface area contributed by atoms with Crippen LogP contribution in [0.1, 0.15) is 36.1 Å². The van der Waals surface area contributed by atoms with E-state index in [1.54, 1.807) is 12.1 Å². The van der Waals surface area contributed by atoms with Gasteiger partial charge in [0.2, 0.25) is 0 Å². The maximum absolute atomic E-state index is 13.4. The van der Waals surface area contributed by atoms with Crippen molar-refractivity contribution in [3.63, 3.8) is 0 Å². The monoisotopic (exact) mass is 514 g/mol. The number of amides is 1. The molecule has 3 aromatic carbocycles. The van der Waals surface area contributed by atoms with E-state index in [1.165, 1.54) is 4.90 Å².